The Balaban J connectivity index is 1.41. The molecular formula is C27H30N8O3. The fraction of sp³-hybridized carbons (Fsp3) is 0.296. The van der Waals surface area contributed by atoms with Crippen LogP contribution >= 0.6 is 0 Å². The zero-order valence-electron chi connectivity index (χ0n) is 20.9. The standard InChI is InChI=1S/C27H30N8O3/c28-21(12-13-22(29)36)27(37)34-14-4-5-18(15-34)35-26-23(25(30)31-16-32-26)24(33-35)17-8-10-20(11-9-17)38-19-6-2-1-3-7-19/h1-3,6-11,16,18,21H,4-5,12-15,28H2,(H2,29,36)(H2,30,31,32)/t18-,21-/m1/s1. The number of likely N-dealkylation sites (tertiary alicyclic amines) is 1. The third-order valence-electron chi connectivity index (χ3n) is 6.70. The third-order valence-corrected chi connectivity index (χ3v) is 6.70. The van der Waals surface area contributed by atoms with E-state index in [-0.39, 0.29) is 24.8 Å². The highest BCUT2D eigenvalue weighted by Crippen LogP contribution is 2.35. The van der Waals surface area contributed by atoms with Crippen LogP contribution in [0.3, 0.4) is 0 Å². The van der Waals surface area contributed by atoms with E-state index in [4.69, 9.17) is 27.0 Å². The van der Waals surface area contributed by atoms with Gasteiger partial charge in [-0.3, -0.25) is 9.59 Å². The summed E-state index contributed by atoms with van der Waals surface area (Å²) < 4.78 is 7.76. The van der Waals surface area contributed by atoms with E-state index in [1.165, 1.54) is 6.33 Å². The van der Waals surface area contributed by atoms with Gasteiger partial charge in [-0.25, -0.2) is 14.6 Å². The summed E-state index contributed by atoms with van der Waals surface area (Å²) >= 11 is 0. The molecule has 38 heavy (non-hydrogen) atoms. The number of nitrogen functional groups attached to an aromatic ring is 1. The summed E-state index contributed by atoms with van der Waals surface area (Å²) in [5, 5.41) is 5.58. The van der Waals surface area contributed by atoms with Gasteiger partial charge < -0.3 is 26.8 Å². The molecule has 4 aromatic rings. The Kier molecular flexibility index (Phi) is 7.18. The van der Waals surface area contributed by atoms with Gasteiger partial charge in [0.15, 0.2) is 5.65 Å². The molecule has 1 saturated heterocycles. The minimum atomic E-state index is -0.777. The molecule has 196 valence electrons. The summed E-state index contributed by atoms with van der Waals surface area (Å²) in [6, 6.07) is 16.3. The number of ether oxygens (including phenoxy) is 1. The van der Waals surface area contributed by atoms with Crippen molar-refractivity contribution in [2.24, 2.45) is 11.5 Å². The first-order valence-electron chi connectivity index (χ1n) is 12.6. The maximum atomic E-state index is 13.0. The van der Waals surface area contributed by atoms with Crippen LogP contribution in [0.25, 0.3) is 22.3 Å². The van der Waals surface area contributed by atoms with Crippen LogP contribution in [0, 0.1) is 0 Å². The van der Waals surface area contributed by atoms with Crippen LogP contribution in [0.4, 0.5) is 5.82 Å². The molecule has 2 atom stereocenters. The quantitative estimate of drug-likeness (QED) is 0.322. The van der Waals surface area contributed by atoms with E-state index in [0.717, 1.165) is 24.2 Å². The van der Waals surface area contributed by atoms with E-state index >= 15 is 0 Å². The SMILES string of the molecule is NC(=O)CC[C@@H](N)C(=O)N1CCC[C@@H](n2nc(-c3ccc(Oc4ccccc4)cc3)c3c(N)ncnc32)C1. The summed E-state index contributed by atoms with van der Waals surface area (Å²) in [4.78, 5) is 34.5. The van der Waals surface area contributed by atoms with Crippen LogP contribution in [0.1, 0.15) is 31.7 Å². The predicted octanol–water partition coefficient (Wildman–Crippen LogP) is 2.62. The molecule has 0 unspecified atom stereocenters. The molecule has 2 aromatic carbocycles. The summed E-state index contributed by atoms with van der Waals surface area (Å²) in [7, 11) is 0. The van der Waals surface area contributed by atoms with Gasteiger partial charge in [0.05, 0.1) is 17.5 Å². The van der Waals surface area contributed by atoms with Crippen molar-refractivity contribution in [2.75, 3.05) is 18.8 Å². The number of hydrogen-bond acceptors (Lipinski definition) is 8. The van der Waals surface area contributed by atoms with Crippen molar-refractivity contribution in [3.05, 3.63) is 60.9 Å². The molecule has 0 radical (unpaired) electrons. The molecule has 1 aliphatic rings. The van der Waals surface area contributed by atoms with Crippen molar-refractivity contribution >= 4 is 28.7 Å². The second-order valence-corrected chi connectivity index (χ2v) is 9.38. The Morgan fingerprint density at radius 2 is 1.79 bits per heavy atom. The van der Waals surface area contributed by atoms with Crippen molar-refractivity contribution in [2.45, 2.75) is 37.8 Å². The molecule has 1 aliphatic heterocycles. The first-order chi connectivity index (χ1) is 18.4. The van der Waals surface area contributed by atoms with E-state index < -0.39 is 11.9 Å². The Labute approximate surface area is 219 Å². The maximum absolute atomic E-state index is 13.0. The fourth-order valence-corrected chi connectivity index (χ4v) is 4.77. The lowest BCUT2D eigenvalue weighted by atomic mass is 10.0. The highest BCUT2D eigenvalue weighted by Gasteiger charge is 2.30. The smallest absolute Gasteiger partial charge is 0.239 e. The third kappa shape index (κ3) is 5.28. The number of fused-ring (bicyclic) bond motifs is 1. The summed E-state index contributed by atoms with van der Waals surface area (Å²) in [5.41, 5.74) is 19.7. The number of carbonyl (C=O) groups is 2. The zero-order chi connectivity index (χ0) is 26.6. The van der Waals surface area contributed by atoms with Gasteiger partial charge in [-0.05, 0) is 55.7 Å². The van der Waals surface area contributed by atoms with Crippen LogP contribution in [0.15, 0.2) is 60.9 Å². The van der Waals surface area contributed by atoms with Crippen molar-refractivity contribution in [1.82, 2.24) is 24.6 Å². The number of primary amides is 1. The Hall–Kier alpha value is -4.51. The molecule has 2 amide bonds. The number of benzene rings is 2. The number of anilines is 1. The van der Waals surface area contributed by atoms with E-state index in [2.05, 4.69) is 9.97 Å². The van der Waals surface area contributed by atoms with Crippen LogP contribution in [-0.4, -0.2) is 55.6 Å². The molecule has 0 bridgehead atoms. The molecule has 6 N–H and O–H groups in total. The number of para-hydroxylation sites is 1. The summed E-state index contributed by atoms with van der Waals surface area (Å²) in [6.45, 7) is 1.01. The Bertz CT molecular complexity index is 1440. The van der Waals surface area contributed by atoms with Crippen molar-refractivity contribution in [1.29, 1.82) is 0 Å². The lowest BCUT2D eigenvalue weighted by Gasteiger charge is -2.34. The predicted molar refractivity (Wildman–Crippen MR) is 143 cm³/mol. The largest absolute Gasteiger partial charge is 0.457 e. The fourth-order valence-electron chi connectivity index (χ4n) is 4.77. The number of carbonyl (C=O) groups excluding carboxylic acids is 2. The number of nitrogens with zero attached hydrogens (tertiary/aromatic N) is 5. The number of rotatable bonds is 8. The van der Waals surface area contributed by atoms with Crippen molar-refractivity contribution < 1.29 is 14.3 Å². The molecule has 2 aromatic heterocycles. The van der Waals surface area contributed by atoms with E-state index in [0.29, 0.717) is 41.4 Å². The first-order valence-corrected chi connectivity index (χ1v) is 12.6. The van der Waals surface area contributed by atoms with E-state index in [1.54, 1.807) is 4.90 Å². The minimum absolute atomic E-state index is 0.0721. The van der Waals surface area contributed by atoms with Crippen molar-refractivity contribution in [3.63, 3.8) is 0 Å². The number of nitrogens with two attached hydrogens (primary N) is 3. The summed E-state index contributed by atoms with van der Waals surface area (Å²) in [5.74, 6) is 1.10. The molecule has 0 saturated carbocycles. The monoisotopic (exact) mass is 514 g/mol. The maximum Gasteiger partial charge on any atom is 0.239 e. The molecule has 5 rings (SSSR count). The van der Waals surface area contributed by atoms with Crippen LogP contribution in [-0.2, 0) is 9.59 Å². The molecule has 11 nitrogen and oxygen atoms in total. The molecule has 0 aliphatic carbocycles. The molecule has 11 heteroatoms. The van der Waals surface area contributed by atoms with Gasteiger partial charge in [-0.15, -0.1) is 0 Å². The van der Waals surface area contributed by atoms with Gasteiger partial charge in [0.1, 0.15) is 29.3 Å². The summed E-state index contributed by atoms with van der Waals surface area (Å²) in [6.07, 6.45) is 3.30. The average Bonchev–Trinajstić information content (AvgIpc) is 3.33. The average molecular weight is 515 g/mol. The zero-order valence-corrected chi connectivity index (χ0v) is 20.9. The van der Waals surface area contributed by atoms with E-state index in [9.17, 15) is 9.59 Å². The Morgan fingerprint density at radius 3 is 2.53 bits per heavy atom. The van der Waals surface area contributed by atoms with Crippen LogP contribution in [0.2, 0.25) is 0 Å². The van der Waals surface area contributed by atoms with Gasteiger partial charge in [-0.2, -0.15) is 5.10 Å². The second-order valence-electron chi connectivity index (χ2n) is 9.38. The lowest BCUT2D eigenvalue weighted by Crippen LogP contribution is -2.48. The number of amides is 2. The number of aromatic nitrogens is 4. The van der Waals surface area contributed by atoms with Crippen LogP contribution < -0.4 is 21.9 Å². The van der Waals surface area contributed by atoms with Gasteiger partial charge >= 0.3 is 0 Å². The lowest BCUT2D eigenvalue weighted by molar-refractivity contribution is -0.134. The van der Waals surface area contributed by atoms with Gasteiger partial charge in [0.25, 0.3) is 0 Å². The highest BCUT2D eigenvalue weighted by molar-refractivity contribution is 5.98. The molecule has 1 fully saturated rings. The van der Waals surface area contributed by atoms with Crippen LogP contribution in [0.5, 0.6) is 11.5 Å². The number of hydrogen-bond donors (Lipinski definition) is 3. The first kappa shape index (κ1) is 25.2. The van der Waals surface area contributed by atoms with Gasteiger partial charge in [0, 0.05) is 25.1 Å². The topological polar surface area (TPSA) is 168 Å². The Morgan fingerprint density at radius 1 is 1.05 bits per heavy atom. The number of piperidine rings is 1. The van der Waals surface area contributed by atoms with E-state index in [1.807, 2.05) is 59.3 Å². The normalized spacial score (nSPS) is 16.3. The minimum Gasteiger partial charge on any atom is -0.457 e. The van der Waals surface area contributed by atoms with Gasteiger partial charge in [-0.1, -0.05) is 18.2 Å². The van der Waals surface area contributed by atoms with Gasteiger partial charge in [0.2, 0.25) is 11.8 Å². The molecule has 0 spiro atoms. The second kappa shape index (κ2) is 10.9. The highest BCUT2D eigenvalue weighted by atomic mass is 16.5. The molecular weight excluding hydrogens is 484 g/mol. The molecule has 3 heterocycles. The van der Waals surface area contributed by atoms with Crippen molar-refractivity contribution in [3.8, 4) is 22.8 Å².